The predicted octanol–water partition coefficient (Wildman–Crippen LogP) is 3.53. The lowest BCUT2D eigenvalue weighted by Crippen LogP contribution is -2.47. The summed E-state index contributed by atoms with van der Waals surface area (Å²) in [6.45, 7) is 11.5. The van der Waals surface area contributed by atoms with Gasteiger partial charge in [0.1, 0.15) is 0 Å². The molecule has 0 aliphatic carbocycles. The molecule has 0 bridgehead atoms. The fourth-order valence-corrected chi connectivity index (χ4v) is 3.31. The predicted molar refractivity (Wildman–Crippen MR) is 84.0 cm³/mol. The lowest BCUT2D eigenvalue weighted by Gasteiger charge is -2.34. The van der Waals surface area contributed by atoms with Crippen molar-refractivity contribution in [2.75, 3.05) is 11.9 Å². The number of para-hydroxylation sites is 1. The van der Waals surface area contributed by atoms with Crippen molar-refractivity contribution < 1.29 is 4.79 Å². The van der Waals surface area contributed by atoms with E-state index in [2.05, 4.69) is 45.3 Å². The van der Waals surface area contributed by atoms with E-state index in [9.17, 15) is 4.79 Å². The van der Waals surface area contributed by atoms with E-state index in [-0.39, 0.29) is 22.8 Å². The van der Waals surface area contributed by atoms with Gasteiger partial charge in [0.2, 0.25) is 5.91 Å². The molecule has 0 spiro atoms. The number of nitrogens with one attached hydrogen (secondary N) is 2. The summed E-state index contributed by atoms with van der Waals surface area (Å²) in [6, 6.07) is 8.06. The zero-order valence-electron chi connectivity index (χ0n) is 13.2. The molecule has 110 valence electrons. The van der Waals surface area contributed by atoms with E-state index in [0.717, 1.165) is 17.7 Å². The molecule has 1 heterocycles. The van der Waals surface area contributed by atoms with Crippen LogP contribution in [-0.2, 0) is 4.79 Å². The zero-order valence-corrected chi connectivity index (χ0v) is 13.2. The van der Waals surface area contributed by atoms with Gasteiger partial charge in [-0.2, -0.15) is 0 Å². The average Bonchev–Trinajstić information content (AvgIpc) is 2.68. The van der Waals surface area contributed by atoms with E-state index in [1.54, 1.807) is 0 Å². The first kappa shape index (κ1) is 14.9. The summed E-state index contributed by atoms with van der Waals surface area (Å²) in [7, 11) is 0. The van der Waals surface area contributed by atoms with Crippen molar-refractivity contribution in [1.29, 1.82) is 0 Å². The van der Waals surface area contributed by atoms with Crippen LogP contribution in [0.5, 0.6) is 0 Å². The number of fused-ring (bicyclic) bond motifs is 1. The van der Waals surface area contributed by atoms with Crippen molar-refractivity contribution in [3.05, 3.63) is 29.8 Å². The highest BCUT2D eigenvalue weighted by molar-refractivity contribution is 5.88. The fourth-order valence-electron chi connectivity index (χ4n) is 3.31. The number of rotatable bonds is 3. The molecular formula is C17H26N2O. The molecule has 1 aromatic rings. The first-order valence-corrected chi connectivity index (χ1v) is 7.33. The molecule has 2 N–H and O–H groups in total. The van der Waals surface area contributed by atoms with Gasteiger partial charge < -0.3 is 10.6 Å². The summed E-state index contributed by atoms with van der Waals surface area (Å²) < 4.78 is 0. The van der Waals surface area contributed by atoms with Crippen LogP contribution < -0.4 is 10.6 Å². The van der Waals surface area contributed by atoms with E-state index < -0.39 is 0 Å². The van der Waals surface area contributed by atoms with Crippen molar-refractivity contribution in [1.82, 2.24) is 5.32 Å². The monoisotopic (exact) mass is 274 g/mol. The number of carbonyl (C=O) groups is 1. The Balaban J connectivity index is 2.07. The van der Waals surface area contributed by atoms with Gasteiger partial charge in [-0.25, -0.2) is 0 Å². The van der Waals surface area contributed by atoms with Gasteiger partial charge in [0.25, 0.3) is 0 Å². The molecular weight excluding hydrogens is 248 g/mol. The molecule has 1 unspecified atom stereocenters. The highest BCUT2D eigenvalue weighted by atomic mass is 16.2. The maximum absolute atomic E-state index is 12.6. The van der Waals surface area contributed by atoms with Crippen LogP contribution in [-0.4, -0.2) is 18.0 Å². The maximum atomic E-state index is 12.6. The normalized spacial score (nSPS) is 18.4. The van der Waals surface area contributed by atoms with Crippen molar-refractivity contribution in [3.8, 4) is 0 Å². The molecule has 20 heavy (non-hydrogen) atoms. The van der Waals surface area contributed by atoms with Crippen LogP contribution in [0.15, 0.2) is 24.3 Å². The molecule has 1 amide bonds. The Kier molecular flexibility index (Phi) is 3.81. The van der Waals surface area contributed by atoms with Gasteiger partial charge in [-0.15, -0.1) is 0 Å². The second-order valence-corrected chi connectivity index (χ2v) is 7.63. The summed E-state index contributed by atoms with van der Waals surface area (Å²) in [5.74, 6) is 0.0437. The molecule has 1 atom stereocenters. The topological polar surface area (TPSA) is 41.1 Å². The number of anilines is 1. The highest BCUT2D eigenvalue weighted by Crippen LogP contribution is 2.32. The molecule has 2 rings (SSSR count). The molecule has 0 saturated heterocycles. The molecule has 0 aromatic heterocycles. The van der Waals surface area contributed by atoms with Crippen LogP contribution in [0.2, 0.25) is 0 Å². The third-order valence-corrected chi connectivity index (χ3v) is 3.58. The Hall–Kier alpha value is -1.51. The van der Waals surface area contributed by atoms with Crippen molar-refractivity contribution >= 4 is 11.6 Å². The van der Waals surface area contributed by atoms with Crippen LogP contribution >= 0.6 is 0 Å². The Morgan fingerprint density at radius 1 is 1.25 bits per heavy atom. The third-order valence-electron chi connectivity index (χ3n) is 3.58. The summed E-state index contributed by atoms with van der Waals surface area (Å²) >= 11 is 0. The Morgan fingerprint density at radius 2 is 1.90 bits per heavy atom. The minimum Gasteiger partial charge on any atom is -0.384 e. The van der Waals surface area contributed by atoms with Crippen LogP contribution in [0.25, 0.3) is 0 Å². The minimum absolute atomic E-state index is 0.0783. The van der Waals surface area contributed by atoms with E-state index in [1.165, 1.54) is 0 Å². The van der Waals surface area contributed by atoms with Gasteiger partial charge in [-0.05, 0) is 37.3 Å². The second-order valence-electron chi connectivity index (χ2n) is 7.63. The molecule has 0 radical (unpaired) electrons. The van der Waals surface area contributed by atoms with E-state index in [0.29, 0.717) is 6.54 Å². The third kappa shape index (κ3) is 3.53. The summed E-state index contributed by atoms with van der Waals surface area (Å²) in [6.07, 6.45) is 0.952. The van der Waals surface area contributed by atoms with Crippen LogP contribution in [0, 0.1) is 5.41 Å². The minimum atomic E-state index is -0.188. The summed E-state index contributed by atoms with van der Waals surface area (Å²) in [5, 5.41) is 6.52. The number of hydrogen-bond donors (Lipinski definition) is 2. The summed E-state index contributed by atoms with van der Waals surface area (Å²) in [5.41, 5.74) is 2.20. The quantitative estimate of drug-likeness (QED) is 0.885. The van der Waals surface area contributed by atoms with Crippen molar-refractivity contribution in [2.24, 2.45) is 5.41 Å². The van der Waals surface area contributed by atoms with E-state index in [4.69, 9.17) is 0 Å². The molecule has 3 nitrogen and oxygen atoms in total. The number of carbonyl (C=O) groups excluding carboxylic acids is 1. The van der Waals surface area contributed by atoms with Gasteiger partial charge in [0, 0.05) is 17.8 Å². The van der Waals surface area contributed by atoms with E-state index >= 15 is 0 Å². The Bertz CT molecular complexity index is 500. The number of amides is 1. The van der Waals surface area contributed by atoms with Crippen molar-refractivity contribution in [2.45, 2.75) is 52.5 Å². The van der Waals surface area contributed by atoms with Crippen LogP contribution in [0.3, 0.4) is 0 Å². The number of benzene rings is 1. The van der Waals surface area contributed by atoms with Gasteiger partial charge in [0.15, 0.2) is 0 Å². The highest BCUT2D eigenvalue weighted by Gasteiger charge is 2.33. The van der Waals surface area contributed by atoms with Crippen molar-refractivity contribution in [3.63, 3.8) is 0 Å². The van der Waals surface area contributed by atoms with E-state index in [1.807, 2.05) is 24.3 Å². The maximum Gasteiger partial charge on any atom is 0.229 e. The zero-order chi connectivity index (χ0) is 15.0. The lowest BCUT2D eigenvalue weighted by molar-refractivity contribution is -0.124. The summed E-state index contributed by atoms with van der Waals surface area (Å²) in [4.78, 5) is 12.6. The smallest absolute Gasteiger partial charge is 0.229 e. The largest absolute Gasteiger partial charge is 0.384 e. The molecule has 0 saturated carbocycles. The molecule has 1 aliphatic heterocycles. The molecule has 0 fully saturated rings. The molecule has 1 aliphatic rings. The molecule has 3 heteroatoms. The van der Waals surface area contributed by atoms with Gasteiger partial charge in [-0.3, -0.25) is 4.79 Å². The van der Waals surface area contributed by atoms with Gasteiger partial charge >= 0.3 is 0 Å². The standard InChI is InChI=1S/C17H26N2O/c1-16(2,3)11-17(4,5)19-15(20)13-10-18-14-9-7-6-8-12(13)14/h6-9,13,18H,10-11H2,1-5H3,(H,19,20). The lowest BCUT2D eigenvalue weighted by atomic mass is 9.81. The number of hydrogen-bond acceptors (Lipinski definition) is 2. The van der Waals surface area contributed by atoms with Crippen LogP contribution in [0.4, 0.5) is 5.69 Å². The first-order chi connectivity index (χ1) is 9.18. The SMILES string of the molecule is CC(C)(C)CC(C)(C)NC(=O)C1CNc2ccccc21. The Morgan fingerprint density at radius 3 is 2.55 bits per heavy atom. The first-order valence-electron chi connectivity index (χ1n) is 7.33. The average molecular weight is 274 g/mol. The fraction of sp³-hybridized carbons (Fsp3) is 0.588. The van der Waals surface area contributed by atoms with Crippen LogP contribution in [0.1, 0.15) is 52.5 Å². The van der Waals surface area contributed by atoms with Gasteiger partial charge in [0.05, 0.1) is 5.92 Å². The second kappa shape index (κ2) is 5.12. The molecule has 1 aromatic carbocycles. The van der Waals surface area contributed by atoms with Gasteiger partial charge in [-0.1, -0.05) is 39.0 Å². The Labute approximate surface area is 122 Å².